The molecule has 208 valence electrons. The van der Waals surface area contributed by atoms with Gasteiger partial charge in [0.1, 0.15) is 0 Å². The second-order valence-electron chi connectivity index (χ2n) is 12.0. The third-order valence-corrected chi connectivity index (χ3v) is 9.72. The van der Waals surface area contributed by atoms with E-state index in [0.717, 1.165) is 0 Å². The number of rotatable bonds is 3. The maximum absolute atomic E-state index is 2.43. The molecular weight excluding hydrogens is 542 g/mol. The van der Waals surface area contributed by atoms with Crippen molar-refractivity contribution in [3.63, 3.8) is 0 Å². The van der Waals surface area contributed by atoms with E-state index in [1.807, 2.05) is 0 Å². The molecule has 1 heterocycles. The molecular formula is C44H27N. The summed E-state index contributed by atoms with van der Waals surface area (Å²) in [4.78, 5) is 0. The van der Waals surface area contributed by atoms with Crippen LogP contribution in [-0.2, 0) is 0 Å². The van der Waals surface area contributed by atoms with Gasteiger partial charge < -0.3 is 4.57 Å². The van der Waals surface area contributed by atoms with Gasteiger partial charge in [0.25, 0.3) is 0 Å². The molecule has 0 amide bonds. The molecule has 0 N–H and O–H groups in total. The minimum atomic E-state index is 1.18. The van der Waals surface area contributed by atoms with Crippen LogP contribution in [0.5, 0.6) is 0 Å². The van der Waals surface area contributed by atoms with E-state index >= 15 is 0 Å². The topological polar surface area (TPSA) is 4.93 Å². The lowest BCUT2D eigenvalue weighted by atomic mass is 9.90. The number of hydrogen-bond donors (Lipinski definition) is 0. The summed E-state index contributed by atoms with van der Waals surface area (Å²) >= 11 is 0. The third kappa shape index (κ3) is 3.38. The Bertz CT molecular complexity index is 2570. The molecule has 0 atom stereocenters. The Balaban J connectivity index is 1.31. The molecule has 0 unspecified atom stereocenters. The first-order valence-corrected chi connectivity index (χ1v) is 15.6. The lowest BCUT2D eigenvalue weighted by Gasteiger charge is -2.13. The molecule has 8 aromatic rings. The summed E-state index contributed by atoms with van der Waals surface area (Å²) < 4.78 is 2.39. The largest absolute Gasteiger partial charge is 0.309 e. The molecule has 7 aromatic carbocycles. The predicted octanol–water partition coefficient (Wildman–Crippen LogP) is 11.2. The first kappa shape index (κ1) is 24.5. The van der Waals surface area contributed by atoms with E-state index in [-0.39, 0.29) is 0 Å². The van der Waals surface area contributed by atoms with Crippen molar-refractivity contribution in [2.45, 2.75) is 0 Å². The van der Waals surface area contributed by atoms with Crippen LogP contribution in [0.1, 0.15) is 33.4 Å². The Morgan fingerprint density at radius 3 is 1.62 bits per heavy atom. The maximum atomic E-state index is 2.43. The Morgan fingerprint density at radius 1 is 0.311 bits per heavy atom. The molecule has 0 saturated heterocycles. The van der Waals surface area contributed by atoms with Gasteiger partial charge in [-0.15, -0.1) is 0 Å². The fourth-order valence-electron chi connectivity index (χ4n) is 7.90. The highest BCUT2D eigenvalue weighted by atomic mass is 15.0. The lowest BCUT2D eigenvalue weighted by Crippen LogP contribution is -1.94. The summed E-state index contributed by atoms with van der Waals surface area (Å²) in [6, 6.07) is 60.1. The smallest absolute Gasteiger partial charge is 0.0541 e. The number of para-hydroxylation sites is 2. The van der Waals surface area contributed by atoms with Gasteiger partial charge in [0.15, 0.2) is 0 Å². The standard InChI is InChI=1S/C44H27N/c1-2-15-30(16-3-1)45-39-24-11-10-18-32(39)38-27-29(25-26-40(38)45)41-34-19-6-8-21-36(34)44-42(35-20-7-9-22-37(35)43(41)44)33-23-12-14-28-13-4-5-17-31(28)33/h1-27H. The molecule has 0 spiro atoms. The minimum Gasteiger partial charge on any atom is -0.309 e. The van der Waals surface area contributed by atoms with Gasteiger partial charge in [-0.3, -0.25) is 0 Å². The predicted molar refractivity (Wildman–Crippen MR) is 189 cm³/mol. The van der Waals surface area contributed by atoms with Crippen molar-refractivity contribution in [2.75, 3.05) is 0 Å². The number of fused-ring (bicyclic) bond motifs is 9. The molecule has 0 aliphatic heterocycles. The Morgan fingerprint density at radius 2 is 0.844 bits per heavy atom. The molecule has 45 heavy (non-hydrogen) atoms. The Kier molecular flexibility index (Phi) is 5.06. The van der Waals surface area contributed by atoms with E-state index in [9.17, 15) is 0 Å². The fourth-order valence-corrected chi connectivity index (χ4v) is 7.90. The van der Waals surface area contributed by atoms with Crippen LogP contribution in [0.25, 0.3) is 60.6 Å². The van der Waals surface area contributed by atoms with Crippen LogP contribution in [0.2, 0.25) is 0 Å². The number of aromatic nitrogens is 1. The summed E-state index contributed by atoms with van der Waals surface area (Å²) in [5.41, 5.74) is 16.8. The van der Waals surface area contributed by atoms with E-state index in [1.54, 1.807) is 0 Å². The van der Waals surface area contributed by atoms with E-state index in [1.165, 1.54) is 93.9 Å². The van der Waals surface area contributed by atoms with Crippen LogP contribution in [0.4, 0.5) is 0 Å². The molecule has 1 aromatic heterocycles. The quantitative estimate of drug-likeness (QED) is 0.199. The summed E-state index contributed by atoms with van der Waals surface area (Å²) in [7, 11) is 0. The molecule has 2 aliphatic carbocycles. The van der Waals surface area contributed by atoms with Crippen molar-refractivity contribution in [3.8, 4) is 5.69 Å². The van der Waals surface area contributed by atoms with Crippen LogP contribution < -0.4 is 0 Å². The van der Waals surface area contributed by atoms with E-state index < -0.39 is 0 Å². The highest BCUT2D eigenvalue weighted by Crippen LogP contribution is 2.59. The number of hydrogen-bond acceptors (Lipinski definition) is 0. The van der Waals surface area contributed by atoms with Gasteiger partial charge >= 0.3 is 0 Å². The van der Waals surface area contributed by atoms with Crippen LogP contribution in [-0.4, -0.2) is 4.57 Å². The van der Waals surface area contributed by atoms with E-state index in [0.29, 0.717) is 0 Å². The molecule has 2 aliphatic rings. The van der Waals surface area contributed by atoms with E-state index in [4.69, 9.17) is 0 Å². The molecule has 0 radical (unpaired) electrons. The lowest BCUT2D eigenvalue weighted by molar-refractivity contribution is 1.18. The van der Waals surface area contributed by atoms with Gasteiger partial charge in [-0.1, -0.05) is 133 Å². The van der Waals surface area contributed by atoms with Crippen molar-refractivity contribution in [1.29, 1.82) is 0 Å². The first-order valence-electron chi connectivity index (χ1n) is 15.6. The first-order chi connectivity index (χ1) is 22.4. The highest BCUT2D eigenvalue weighted by Gasteiger charge is 2.37. The van der Waals surface area contributed by atoms with Gasteiger partial charge in [0, 0.05) is 16.5 Å². The Hall–Kier alpha value is -5.92. The average molecular weight is 570 g/mol. The molecule has 0 fully saturated rings. The van der Waals surface area contributed by atoms with Gasteiger partial charge in [-0.05, 0) is 96.8 Å². The van der Waals surface area contributed by atoms with Crippen LogP contribution in [0.15, 0.2) is 164 Å². The zero-order chi connectivity index (χ0) is 29.5. The van der Waals surface area contributed by atoms with Crippen molar-refractivity contribution < 1.29 is 0 Å². The summed E-state index contributed by atoms with van der Waals surface area (Å²) in [5, 5.41) is 5.11. The van der Waals surface area contributed by atoms with E-state index in [2.05, 4.69) is 168 Å². The molecule has 10 rings (SSSR count). The van der Waals surface area contributed by atoms with Crippen molar-refractivity contribution in [3.05, 3.63) is 197 Å². The van der Waals surface area contributed by atoms with Crippen LogP contribution in [0.3, 0.4) is 0 Å². The molecule has 1 nitrogen and oxygen atoms in total. The normalized spacial score (nSPS) is 13.6. The van der Waals surface area contributed by atoms with Gasteiger partial charge in [-0.25, -0.2) is 0 Å². The van der Waals surface area contributed by atoms with Crippen molar-refractivity contribution in [1.82, 2.24) is 4.57 Å². The highest BCUT2D eigenvalue weighted by molar-refractivity contribution is 6.36. The summed E-state index contributed by atoms with van der Waals surface area (Å²) in [6.45, 7) is 0. The van der Waals surface area contributed by atoms with Crippen molar-refractivity contribution >= 4 is 54.9 Å². The van der Waals surface area contributed by atoms with Crippen LogP contribution >= 0.6 is 0 Å². The number of nitrogens with zero attached hydrogens (tertiary/aromatic N) is 1. The fraction of sp³-hybridized carbons (Fsp3) is 0. The molecule has 0 saturated carbocycles. The second-order valence-corrected chi connectivity index (χ2v) is 12.0. The maximum Gasteiger partial charge on any atom is 0.0541 e. The van der Waals surface area contributed by atoms with Gasteiger partial charge in [-0.2, -0.15) is 0 Å². The van der Waals surface area contributed by atoms with Crippen LogP contribution in [0, 0.1) is 0 Å². The minimum absolute atomic E-state index is 1.18. The molecule has 0 bridgehead atoms. The Labute approximate surface area is 261 Å². The third-order valence-electron chi connectivity index (χ3n) is 9.72. The van der Waals surface area contributed by atoms with Crippen molar-refractivity contribution in [2.24, 2.45) is 0 Å². The van der Waals surface area contributed by atoms with Gasteiger partial charge in [0.05, 0.1) is 11.0 Å². The molecule has 1 heteroatoms. The zero-order valence-corrected chi connectivity index (χ0v) is 24.5. The SMILES string of the molecule is c1ccc(-n2c3ccccc3c3cc(C4=C5C(=C(c6cccc7ccccc67)c6ccccc65)c5ccccc54)ccc32)cc1. The zero-order valence-electron chi connectivity index (χ0n) is 24.5. The average Bonchev–Trinajstić information content (AvgIpc) is 3.74. The van der Waals surface area contributed by atoms with Gasteiger partial charge in [0.2, 0.25) is 0 Å². The summed E-state index contributed by atoms with van der Waals surface area (Å²) in [6.07, 6.45) is 0. The summed E-state index contributed by atoms with van der Waals surface area (Å²) in [5.74, 6) is 0. The second kappa shape index (κ2) is 9.29. The number of benzene rings is 7. The number of allylic oxidation sites excluding steroid dienone is 2. The monoisotopic (exact) mass is 569 g/mol.